The van der Waals surface area contributed by atoms with Gasteiger partial charge in [-0.1, -0.05) is 29.8 Å². The fourth-order valence-electron chi connectivity index (χ4n) is 1.53. The first-order valence-corrected chi connectivity index (χ1v) is 4.87. The monoisotopic (exact) mass is 220 g/mol. The number of ether oxygens (including phenoxy) is 1. The molecule has 0 bridgehead atoms. The summed E-state index contributed by atoms with van der Waals surface area (Å²) in [6.45, 7) is 0. The number of fused-ring (bicyclic) bond motifs is 1. The summed E-state index contributed by atoms with van der Waals surface area (Å²) in [4.78, 5) is 11.5. The van der Waals surface area contributed by atoms with Gasteiger partial charge in [-0.15, -0.1) is 0 Å². The number of esters is 1. The van der Waals surface area contributed by atoms with E-state index in [9.17, 15) is 4.79 Å². The normalized spacial score (nSPS) is 10.3. The quantitative estimate of drug-likeness (QED) is 0.690. The Balaban J connectivity index is 2.74. The van der Waals surface area contributed by atoms with Gasteiger partial charge in [-0.25, -0.2) is 4.79 Å². The molecule has 0 aliphatic heterocycles. The Hall–Kier alpha value is -1.54. The van der Waals surface area contributed by atoms with Crippen LogP contribution in [0.3, 0.4) is 0 Å². The van der Waals surface area contributed by atoms with Crippen molar-refractivity contribution in [1.82, 2.24) is 0 Å². The third-order valence-electron chi connectivity index (χ3n) is 2.25. The first kappa shape index (κ1) is 9.99. The maximum Gasteiger partial charge on any atom is 0.338 e. The van der Waals surface area contributed by atoms with Gasteiger partial charge in [0.25, 0.3) is 0 Å². The summed E-state index contributed by atoms with van der Waals surface area (Å²) in [5.41, 5.74) is 0.539. The summed E-state index contributed by atoms with van der Waals surface area (Å²) in [7, 11) is 1.37. The summed E-state index contributed by atoms with van der Waals surface area (Å²) in [6.07, 6.45) is 0. The fourth-order valence-corrected chi connectivity index (χ4v) is 1.70. The molecule has 0 heterocycles. The predicted octanol–water partition coefficient (Wildman–Crippen LogP) is 3.28. The van der Waals surface area contributed by atoms with Crippen LogP contribution in [0.25, 0.3) is 10.8 Å². The lowest BCUT2D eigenvalue weighted by atomic mass is 10.0. The number of carbonyl (C=O) groups excluding carboxylic acids is 1. The largest absolute Gasteiger partial charge is 0.465 e. The number of halogens is 1. The van der Waals surface area contributed by atoms with E-state index in [0.29, 0.717) is 10.6 Å². The number of benzene rings is 2. The van der Waals surface area contributed by atoms with Gasteiger partial charge in [0, 0.05) is 5.02 Å². The Labute approximate surface area is 92.4 Å². The van der Waals surface area contributed by atoms with E-state index in [2.05, 4.69) is 0 Å². The van der Waals surface area contributed by atoms with Crippen molar-refractivity contribution in [3.63, 3.8) is 0 Å². The van der Waals surface area contributed by atoms with Gasteiger partial charge in [-0.05, 0) is 29.0 Å². The van der Waals surface area contributed by atoms with E-state index in [1.165, 1.54) is 7.11 Å². The molecule has 0 amide bonds. The Kier molecular flexibility index (Phi) is 2.60. The molecule has 0 spiro atoms. The average Bonchev–Trinajstić information content (AvgIpc) is 2.27. The van der Waals surface area contributed by atoms with E-state index in [0.717, 1.165) is 10.8 Å². The van der Waals surface area contributed by atoms with Crippen molar-refractivity contribution >= 4 is 28.3 Å². The van der Waals surface area contributed by atoms with E-state index in [-0.39, 0.29) is 5.97 Å². The highest BCUT2D eigenvalue weighted by atomic mass is 35.5. The van der Waals surface area contributed by atoms with Gasteiger partial charge in [0.2, 0.25) is 0 Å². The zero-order valence-electron chi connectivity index (χ0n) is 8.16. The summed E-state index contributed by atoms with van der Waals surface area (Å²) < 4.78 is 4.70. The summed E-state index contributed by atoms with van der Waals surface area (Å²) in [5.74, 6) is -0.345. The van der Waals surface area contributed by atoms with Crippen LogP contribution in [-0.4, -0.2) is 13.1 Å². The summed E-state index contributed by atoms with van der Waals surface area (Å²) in [5, 5.41) is 2.40. The number of methoxy groups -OCH3 is 1. The average molecular weight is 221 g/mol. The van der Waals surface area contributed by atoms with Gasteiger partial charge in [0.15, 0.2) is 0 Å². The molecule has 0 radical (unpaired) electrons. The third-order valence-corrected chi connectivity index (χ3v) is 2.48. The number of rotatable bonds is 1. The molecule has 0 aliphatic carbocycles. The van der Waals surface area contributed by atoms with E-state index in [4.69, 9.17) is 16.3 Å². The Morgan fingerprint density at radius 3 is 2.80 bits per heavy atom. The molecule has 3 heteroatoms. The topological polar surface area (TPSA) is 26.3 Å². The molecule has 2 nitrogen and oxygen atoms in total. The van der Waals surface area contributed by atoms with Crippen molar-refractivity contribution in [2.24, 2.45) is 0 Å². The van der Waals surface area contributed by atoms with Crippen LogP contribution in [0, 0.1) is 0 Å². The van der Waals surface area contributed by atoms with E-state index in [1.54, 1.807) is 18.2 Å². The minimum atomic E-state index is -0.345. The maximum atomic E-state index is 11.5. The molecule has 15 heavy (non-hydrogen) atoms. The molecule has 0 unspecified atom stereocenters. The van der Waals surface area contributed by atoms with Crippen LogP contribution < -0.4 is 0 Å². The van der Waals surface area contributed by atoms with Gasteiger partial charge in [-0.2, -0.15) is 0 Å². The van der Waals surface area contributed by atoms with E-state index in [1.807, 2.05) is 18.2 Å². The molecule has 0 aromatic heterocycles. The second-order valence-corrected chi connectivity index (χ2v) is 3.60. The zero-order valence-corrected chi connectivity index (χ0v) is 8.91. The van der Waals surface area contributed by atoms with Crippen LogP contribution >= 0.6 is 11.6 Å². The lowest BCUT2D eigenvalue weighted by molar-refractivity contribution is 0.0603. The van der Waals surface area contributed by atoms with Crippen LogP contribution in [0.15, 0.2) is 36.4 Å². The van der Waals surface area contributed by atoms with Crippen LogP contribution in [0.1, 0.15) is 10.4 Å². The Morgan fingerprint density at radius 1 is 1.27 bits per heavy atom. The lowest BCUT2D eigenvalue weighted by Gasteiger charge is -2.04. The van der Waals surface area contributed by atoms with Crippen LogP contribution in [0.2, 0.25) is 5.02 Å². The molecule has 0 fully saturated rings. The van der Waals surface area contributed by atoms with Crippen LogP contribution in [-0.2, 0) is 4.74 Å². The van der Waals surface area contributed by atoms with Gasteiger partial charge in [-0.3, -0.25) is 0 Å². The molecule has 0 atom stereocenters. The van der Waals surface area contributed by atoms with Crippen molar-refractivity contribution in [2.75, 3.05) is 7.11 Å². The van der Waals surface area contributed by atoms with Gasteiger partial charge in [0.05, 0.1) is 12.7 Å². The zero-order chi connectivity index (χ0) is 10.8. The van der Waals surface area contributed by atoms with Crippen LogP contribution in [0.5, 0.6) is 0 Å². The molecular weight excluding hydrogens is 212 g/mol. The van der Waals surface area contributed by atoms with Crippen molar-refractivity contribution in [3.05, 3.63) is 47.0 Å². The molecule has 2 rings (SSSR count). The molecule has 0 aliphatic rings. The van der Waals surface area contributed by atoms with Crippen molar-refractivity contribution in [3.8, 4) is 0 Å². The first-order chi connectivity index (χ1) is 7.22. The minimum absolute atomic E-state index is 0.345. The minimum Gasteiger partial charge on any atom is -0.465 e. The number of hydrogen-bond acceptors (Lipinski definition) is 2. The Morgan fingerprint density at radius 2 is 2.07 bits per heavy atom. The van der Waals surface area contributed by atoms with Crippen molar-refractivity contribution < 1.29 is 9.53 Å². The second kappa shape index (κ2) is 3.91. The maximum absolute atomic E-state index is 11.5. The standard InChI is InChI=1S/C12H9ClO2/c1-15-12(14)10-4-2-3-8-5-6-9(13)7-11(8)10/h2-7H,1H3. The van der Waals surface area contributed by atoms with Crippen molar-refractivity contribution in [2.45, 2.75) is 0 Å². The highest BCUT2D eigenvalue weighted by molar-refractivity contribution is 6.31. The number of hydrogen-bond donors (Lipinski definition) is 0. The van der Waals surface area contributed by atoms with E-state index >= 15 is 0 Å². The lowest BCUT2D eigenvalue weighted by Crippen LogP contribution is -2.01. The van der Waals surface area contributed by atoms with E-state index < -0.39 is 0 Å². The molecule has 76 valence electrons. The third kappa shape index (κ3) is 1.81. The van der Waals surface area contributed by atoms with Gasteiger partial charge >= 0.3 is 5.97 Å². The SMILES string of the molecule is COC(=O)c1cccc2ccc(Cl)cc12. The summed E-state index contributed by atoms with van der Waals surface area (Å²) in [6, 6.07) is 10.9. The predicted molar refractivity (Wildman–Crippen MR) is 60.3 cm³/mol. The molecule has 0 saturated carbocycles. The molecular formula is C12H9ClO2. The highest BCUT2D eigenvalue weighted by Gasteiger charge is 2.09. The molecule has 2 aromatic rings. The van der Waals surface area contributed by atoms with Crippen LogP contribution in [0.4, 0.5) is 0 Å². The van der Waals surface area contributed by atoms with Crippen molar-refractivity contribution in [1.29, 1.82) is 0 Å². The smallest absolute Gasteiger partial charge is 0.338 e. The molecule has 2 aromatic carbocycles. The van der Waals surface area contributed by atoms with Gasteiger partial charge < -0.3 is 4.74 Å². The summed E-state index contributed by atoms with van der Waals surface area (Å²) >= 11 is 5.89. The number of carbonyl (C=O) groups is 1. The second-order valence-electron chi connectivity index (χ2n) is 3.16. The molecule has 0 N–H and O–H groups in total. The highest BCUT2D eigenvalue weighted by Crippen LogP contribution is 2.23. The molecule has 0 saturated heterocycles. The van der Waals surface area contributed by atoms with Gasteiger partial charge in [0.1, 0.15) is 0 Å². The Bertz CT molecular complexity index is 520. The fraction of sp³-hybridized carbons (Fsp3) is 0.0833. The first-order valence-electron chi connectivity index (χ1n) is 4.49.